The average Bonchev–Trinajstić information content (AvgIpc) is 3.62. The number of hydrogen-bond donors (Lipinski definition) is 4. The standard InChI is InChI=1S/C30H28N6O3S/c1-2-22(37)36-13-11-18(15-36)35-29(39)27-24-23-19(8-9-20(31)26(23)40-27)30(33,28(38)25(24)32)17-10-12-34-21(14-17)16-6-4-3-5-7-16/h2-10,12,14,18,25H,1,11,13,15,31-33H2,(H,35,39). The highest BCUT2D eigenvalue weighted by Gasteiger charge is 2.49. The number of pyridine rings is 1. The molecule has 0 bridgehead atoms. The summed E-state index contributed by atoms with van der Waals surface area (Å²) >= 11 is 1.20. The van der Waals surface area contributed by atoms with Gasteiger partial charge in [-0.1, -0.05) is 43.0 Å². The molecule has 2 aliphatic rings. The van der Waals surface area contributed by atoms with Crippen LogP contribution < -0.4 is 22.5 Å². The Labute approximate surface area is 234 Å². The minimum atomic E-state index is -1.57. The maximum absolute atomic E-state index is 14.1. The van der Waals surface area contributed by atoms with Crippen LogP contribution in [-0.4, -0.2) is 46.6 Å². The molecule has 0 saturated carbocycles. The van der Waals surface area contributed by atoms with Crippen LogP contribution in [0.4, 0.5) is 5.69 Å². The monoisotopic (exact) mass is 552 g/mol. The van der Waals surface area contributed by atoms with Gasteiger partial charge in [0, 0.05) is 47.5 Å². The van der Waals surface area contributed by atoms with Crippen LogP contribution in [-0.2, 0) is 15.1 Å². The molecule has 2 aromatic heterocycles. The van der Waals surface area contributed by atoms with Crippen LogP contribution in [0.1, 0.15) is 38.8 Å². The minimum Gasteiger partial charge on any atom is -0.398 e. The number of nitrogens with one attached hydrogen (secondary N) is 1. The van der Waals surface area contributed by atoms with Gasteiger partial charge in [0.05, 0.1) is 21.3 Å². The fourth-order valence-corrected chi connectivity index (χ4v) is 6.95. The Morgan fingerprint density at radius 1 is 1.18 bits per heavy atom. The van der Waals surface area contributed by atoms with Gasteiger partial charge >= 0.3 is 0 Å². The van der Waals surface area contributed by atoms with Gasteiger partial charge in [-0.15, -0.1) is 11.3 Å². The van der Waals surface area contributed by atoms with Crippen molar-refractivity contribution in [3.8, 4) is 11.3 Å². The van der Waals surface area contributed by atoms with E-state index in [-0.39, 0.29) is 17.9 Å². The number of carbonyl (C=O) groups is 3. The molecule has 1 fully saturated rings. The first-order valence-electron chi connectivity index (χ1n) is 12.9. The Morgan fingerprint density at radius 2 is 1.95 bits per heavy atom. The van der Waals surface area contributed by atoms with E-state index < -0.39 is 17.4 Å². The molecular weight excluding hydrogens is 524 g/mol. The van der Waals surface area contributed by atoms with Crippen molar-refractivity contribution in [3.05, 3.63) is 95.0 Å². The Hall–Kier alpha value is -4.38. The summed E-state index contributed by atoms with van der Waals surface area (Å²) in [5.41, 5.74) is 22.0. The lowest BCUT2D eigenvalue weighted by atomic mass is 9.70. The highest BCUT2D eigenvalue weighted by Crippen LogP contribution is 2.49. The number of thiophene rings is 1. The number of nitrogens with zero attached hydrogens (tertiary/aromatic N) is 2. The maximum Gasteiger partial charge on any atom is 0.262 e. The summed E-state index contributed by atoms with van der Waals surface area (Å²) in [6.45, 7) is 4.44. The van der Waals surface area contributed by atoms with Crippen molar-refractivity contribution >= 4 is 44.7 Å². The van der Waals surface area contributed by atoms with Crippen LogP contribution in [0.15, 0.2) is 73.4 Å². The second-order valence-electron chi connectivity index (χ2n) is 10.1. The topological polar surface area (TPSA) is 157 Å². The number of likely N-dealkylation sites (tertiary alicyclic amines) is 1. The summed E-state index contributed by atoms with van der Waals surface area (Å²) in [5, 5.41) is 3.65. The number of carbonyl (C=O) groups excluding carboxylic acids is 3. The highest BCUT2D eigenvalue weighted by atomic mass is 32.1. The summed E-state index contributed by atoms with van der Waals surface area (Å²) in [7, 11) is 0. The number of hydrogen-bond acceptors (Lipinski definition) is 8. The Kier molecular flexibility index (Phi) is 6.25. The van der Waals surface area contributed by atoms with E-state index in [4.69, 9.17) is 17.2 Å². The highest BCUT2D eigenvalue weighted by molar-refractivity contribution is 7.21. The van der Waals surface area contributed by atoms with Gasteiger partial charge in [-0.25, -0.2) is 0 Å². The normalized spacial score (nSPS) is 21.9. The molecule has 7 N–H and O–H groups in total. The summed E-state index contributed by atoms with van der Waals surface area (Å²) in [5.74, 6) is -0.959. The molecular formula is C30H28N6O3S. The minimum absolute atomic E-state index is 0.176. The van der Waals surface area contributed by atoms with E-state index in [1.165, 1.54) is 17.4 Å². The number of rotatable bonds is 5. The van der Waals surface area contributed by atoms with Gasteiger partial charge in [0.2, 0.25) is 5.91 Å². The fourth-order valence-electron chi connectivity index (χ4n) is 5.75. The van der Waals surface area contributed by atoms with E-state index in [2.05, 4.69) is 16.9 Å². The van der Waals surface area contributed by atoms with Crippen molar-refractivity contribution < 1.29 is 14.4 Å². The molecule has 9 nitrogen and oxygen atoms in total. The number of ketones is 1. The Morgan fingerprint density at radius 3 is 2.70 bits per heavy atom. The third kappa shape index (κ3) is 3.91. The van der Waals surface area contributed by atoms with E-state index >= 15 is 0 Å². The van der Waals surface area contributed by atoms with Crippen LogP contribution in [0.2, 0.25) is 0 Å². The van der Waals surface area contributed by atoms with E-state index in [0.29, 0.717) is 62.5 Å². The number of benzene rings is 2. The first kappa shape index (κ1) is 25.9. The zero-order valence-electron chi connectivity index (χ0n) is 21.6. The van der Waals surface area contributed by atoms with E-state index in [1.54, 1.807) is 29.3 Å². The van der Waals surface area contributed by atoms with Crippen molar-refractivity contribution in [2.45, 2.75) is 24.0 Å². The van der Waals surface area contributed by atoms with Gasteiger partial charge in [0.1, 0.15) is 5.54 Å². The Balaban J connectivity index is 1.44. The molecule has 202 valence electrons. The molecule has 4 aromatic rings. The molecule has 2 aromatic carbocycles. The van der Waals surface area contributed by atoms with Crippen molar-refractivity contribution in [2.24, 2.45) is 11.5 Å². The maximum atomic E-state index is 14.1. The molecule has 2 amide bonds. The van der Waals surface area contributed by atoms with Crippen LogP contribution in [0.3, 0.4) is 0 Å². The van der Waals surface area contributed by atoms with Gasteiger partial charge in [0.25, 0.3) is 5.91 Å². The zero-order valence-corrected chi connectivity index (χ0v) is 22.4. The van der Waals surface area contributed by atoms with Crippen LogP contribution >= 0.6 is 11.3 Å². The first-order chi connectivity index (χ1) is 19.2. The van der Waals surface area contributed by atoms with Crippen LogP contribution in [0.5, 0.6) is 0 Å². The largest absolute Gasteiger partial charge is 0.398 e. The summed E-state index contributed by atoms with van der Waals surface area (Å²) in [4.78, 5) is 46.1. The second-order valence-corrected chi connectivity index (χ2v) is 11.2. The smallest absolute Gasteiger partial charge is 0.262 e. The molecule has 3 unspecified atom stereocenters. The van der Waals surface area contributed by atoms with E-state index in [1.807, 2.05) is 36.4 Å². The summed E-state index contributed by atoms with van der Waals surface area (Å²) in [6.07, 6.45) is 3.51. The third-order valence-corrected chi connectivity index (χ3v) is 9.07. The summed E-state index contributed by atoms with van der Waals surface area (Å²) < 4.78 is 0.655. The van der Waals surface area contributed by atoms with Gasteiger partial charge in [-0.2, -0.15) is 0 Å². The molecule has 3 heterocycles. The van der Waals surface area contributed by atoms with Crippen LogP contribution in [0.25, 0.3) is 21.3 Å². The van der Waals surface area contributed by atoms with Gasteiger partial charge in [0.15, 0.2) is 5.78 Å². The molecule has 10 heteroatoms. The Bertz CT molecular complexity index is 1700. The van der Waals surface area contributed by atoms with E-state index in [0.717, 1.165) is 5.56 Å². The number of anilines is 1. The molecule has 6 rings (SSSR count). The van der Waals surface area contributed by atoms with Gasteiger partial charge in [-0.3, -0.25) is 19.4 Å². The first-order valence-corrected chi connectivity index (χ1v) is 13.7. The number of nitrogen functional groups attached to an aromatic ring is 1. The van der Waals surface area contributed by atoms with Crippen molar-refractivity contribution in [1.82, 2.24) is 15.2 Å². The molecule has 1 saturated heterocycles. The molecule has 40 heavy (non-hydrogen) atoms. The molecule has 1 aliphatic carbocycles. The third-order valence-electron chi connectivity index (χ3n) is 7.81. The number of Topliss-reactive ketones (excluding diaryl/α,β-unsaturated/α-hetero) is 1. The SMILES string of the molecule is C=CC(=O)N1CCC(NC(=O)c2sc3c(N)ccc4c3c2C(N)C(=O)C4(N)c2ccnc(-c3ccccc3)c2)C1. The van der Waals surface area contributed by atoms with Crippen LogP contribution in [0, 0.1) is 0 Å². The number of aromatic nitrogens is 1. The molecule has 3 atom stereocenters. The number of amides is 2. The van der Waals surface area contributed by atoms with Gasteiger partial charge < -0.3 is 27.4 Å². The lowest BCUT2D eigenvalue weighted by Crippen LogP contribution is -2.52. The summed E-state index contributed by atoms with van der Waals surface area (Å²) in [6, 6.07) is 15.2. The van der Waals surface area contributed by atoms with Gasteiger partial charge in [-0.05, 0) is 41.8 Å². The van der Waals surface area contributed by atoms with Crippen molar-refractivity contribution in [3.63, 3.8) is 0 Å². The van der Waals surface area contributed by atoms with Crippen molar-refractivity contribution in [2.75, 3.05) is 18.8 Å². The predicted molar refractivity (Wildman–Crippen MR) is 155 cm³/mol. The second kappa shape index (κ2) is 9.67. The molecule has 1 aliphatic heterocycles. The molecule has 0 spiro atoms. The predicted octanol–water partition coefficient (Wildman–Crippen LogP) is 2.85. The quantitative estimate of drug-likeness (QED) is 0.219. The van der Waals surface area contributed by atoms with Crippen molar-refractivity contribution in [1.29, 1.82) is 0 Å². The molecule has 0 radical (unpaired) electrons. The zero-order chi connectivity index (χ0) is 28.2. The lowest BCUT2D eigenvalue weighted by Gasteiger charge is -2.36. The number of nitrogens with two attached hydrogens (primary N) is 3. The fraction of sp³-hybridized carbons (Fsp3) is 0.200. The van der Waals surface area contributed by atoms with E-state index in [9.17, 15) is 14.4 Å². The average molecular weight is 553 g/mol. The lowest BCUT2D eigenvalue weighted by molar-refractivity contribution is -0.125.